The molecule has 2 fully saturated rings. The maximum absolute atomic E-state index is 13.5. The van der Waals surface area contributed by atoms with Gasteiger partial charge in [0.1, 0.15) is 5.75 Å². The number of carbonyl (C=O) groups is 1. The summed E-state index contributed by atoms with van der Waals surface area (Å²) in [7, 11) is 0. The number of aliphatic hydroxyl groups is 1. The van der Waals surface area contributed by atoms with Gasteiger partial charge in [0, 0.05) is 49.1 Å². The van der Waals surface area contributed by atoms with Gasteiger partial charge in [-0.15, -0.1) is 0 Å². The van der Waals surface area contributed by atoms with Crippen molar-refractivity contribution in [2.45, 2.75) is 95.2 Å². The molecule has 2 unspecified atom stereocenters. The molecule has 9 heteroatoms. The maximum Gasteiger partial charge on any atom is 0.273 e. The fourth-order valence-electron chi connectivity index (χ4n) is 6.45. The molecule has 2 aliphatic carbocycles. The van der Waals surface area contributed by atoms with Crippen LogP contribution in [0, 0.1) is 16.0 Å². The number of hydrogen-bond donors (Lipinski definition) is 3. The van der Waals surface area contributed by atoms with E-state index in [0.29, 0.717) is 30.9 Å². The zero-order valence-corrected chi connectivity index (χ0v) is 22.7. The third kappa shape index (κ3) is 7.76. The molecule has 1 amide bonds. The third-order valence-electron chi connectivity index (χ3n) is 8.52. The molecule has 1 heterocycles. The Morgan fingerprint density at radius 3 is 2.33 bits per heavy atom. The number of nitrogens with one attached hydrogen (secondary N) is 1. The van der Waals surface area contributed by atoms with Crippen LogP contribution < -0.4 is 5.32 Å². The molecule has 1 aromatic heterocycles. The molecule has 1 aromatic carbocycles. The van der Waals surface area contributed by atoms with Gasteiger partial charge in [0.25, 0.3) is 5.69 Å². The number of phenolic OH excluding ortho intramolecular Hbond substituents is 1. The number of amides is 1. The molecule has 39 heavy (non-hydrogen) atoms. The highest BCUT2D eigenvalue weighted by atomic mass is 16.6. The van der Waals surface area contributed by atoms with Gasteiger partial charge in [-0.1, -0.05) is 38.5 Å². The summed E-state index contributed by atoms with van der Waals surface area (Å²) in [6.07, 6.45) is 15.5. The summed E-state index contributed by atoms with van der Waals surface area (Å²) in [6.45, 7) is 0.345. The van der Waals surface area contributed by atoms with Crippen LogP contribution in [-0.4, -0.2) is 56.2 Å². The summed E-state index contributed by atoms with van der Waals surface area (Å²) in [5, 5.41) is 35.6. The van der Waals surface area contributed by atoms with E-state index in [1.807, 2.05) is 17.0 Å². The number of aliphatic hydroxyl groups excluding tert-OH is 1. The first kappa shape index (κ1) is 29.0. The van der Waals surface area contributed by atoms with E-state index in [9.17, 15) is 25.1 Å². The molecule has 0 aliphatic heterocycles. The molecule has 2 saturated carbocycles. The summed E-state index contributed by atoms with van der Waals surface area (Å²) >= 11 is 0. The SMILES string of the molecule is O=C(CCC(NC(c1ccncc1)c1ccc([N+](=O)[O-])cc1O)C1CCCCC1)N(CCO)C1CCCCC1. The molecular formula is C30H42N4O5. The summed E-state index contributed by atoms with van der Waals surface area (Å²) in [6, 6.07) is 7.80. The second-order valence-corrected chi connectivity index (χ2v) is 11.0. The van der Waals surface area contributed by atoms with Gasteiger partial charge in [-0.05, 0) is 61.8 Å². The number of nitrogens with zero attached hydrogens (tertiary/aromatic N) is 3. The number of benzene rings is 1. The topological polar surface area (TPSA) is 129 Å². The first-order valence-corrected chi connectivity index (χ1v) is 14.5. The lowest BCUT2D eigenvalue weighted by Crippen LogP contribution is -2.45. The Morgan fingerprint density at radius 2 is 1.72 bits per heavy atom. The lowest BCUT2D eigenvalue weighted by atomic mass is 9.81. The highest BCUT2D eigenvalue weighted by Crippen LogP contribution is 2.36. The van der Waals surface area contributed by atoms with E-state index in [1.165, 1.54) is 25.0 Å². The summed E-state index contributed by atoms with van der Waals surface area (Å²) in [5.74, 6) is 0.345. The van der Waals surface area contributed by atoms with Crippen LogP contribution in [0.15, 0.2) is 42.7 Å². The quantitative estimate of drug-likeness (QED) is 0.248. The van der Waals surface area contributed by atoms with Crippen LogP contribution in [-0.2, 0) is 4.79 Å². The van der Waals surface area contributed by atoms with E-state index in [2.05, 4.69) is 10.3 Å². The molecular weight excluding hydrogens is 496 g/mol. The monoisotopic (exact) mass is 538 g/mol. The number of phenols is 1. The number of rotatable bonds is 12. The Hall–Kier alpha value is -3.04. The van der Waals surface area contributed by atoms with Crippen LogP contribution in [0.4, 0.5) is 5.69 Å². The number of nitro benzene ring substituents is 1. The average molecular weight is 539 g/mol. The second-order valence-electron chi connectivity index (χ2n) is 11.0. The zero-order valence-electron chi connectivity index (χ0n) is 22.7. The van der Waals surface area contributed by atoms with Crippen molar-refractivity contribution >= 4 is 11.6 Å². The number of non-ortho nitro benzene ring substituents is 1. The Morgan fingerprint density at radius 1 is 1.05 bits per heavy atom. The molecule has 2 atom stereocenters. The van der Waals surface area contributed by atoms with Crippen molar-refractivity contribution < 1.29 is 19.9 Å². The predicted molar refractivity (Wildman–Crippen MR) is 149 cm³/mol. The van der Waals surface area contributed by atoms with Crippen molar-refractivity contribution in [3.05, 3.63) is 64.0 Å². The standard InChI is InChI=1S/C30H42N4O5/c35-20-19-33(24-9-5-2-6-10-24)29(37)14-13-27(22-7-3-1-4-8-22)32-30(23-15-17-31-18-16-23)26-12-11-25(34(38)39)21-28(26)36/h11-12,15-18,21-22,24,27,30,32,35-36H,1-10,13-14,19-20H2. The van der Waals surface area contributed by atoms with E-state index in [0.717, 1.165) is 56.9 Å². The Kier molecular flexibility index (Phi) is 10.7. The molecule has 0 saturated heterocycles. The van der Waals surface area contributed by atoms with E-state index in [1.54, 1.807) is 18.5 Å². The van der Waals surface area contributed by atoms with Gasteiger partial charge in [0.05, 0.1) is 23.6 Å². The Labute approximate surface area is 230 Å². The minimum Gasteiger partial charge on any atom is -0.507 e. The van der Waals surface area contributed by atoms with E-state index < -0.39 is 11.0 Å². The summed E-state index contributed by atoms with van der Waals surface area (Å²) in [4.78, 5) is 30.3. The van der Waals surface area contributed by atoms with Gasteiger partial charge in [-0.25, -0.2) is 0 Å². The lowest BCUT2D eigenvalue weighted by Gasteiger charge is -2.37. The van der Waals surface area contributed by atoms with Gasteiger partial charge in [0.15, 0.2) is 0 Å². The van der Waals surface area contributed by atoms with Crippen molar-refractivity contribution in [2.75, 3.05) is 13.2 Å². The number of aromatic nitrogens is 1. The number of nitro groups is 1. The van der Waals surface area contributed by atoms with Crippen molar-refractivity contribution in [3.63, 3.8) is 0 Å². The Balaban J connectivity index is 1.57. The lowest BCUT2D eigenvalue weighted by molar-refractivity contribution is -0.384. The van der Waals surface area contributed by atoms with Crippen molar-refractivity contribution in [1.82, 2.24) is 15.2 Å². The molecule has 0 spiro atoms. The molecule has 0 radical (unpaired) electrons. The van der Waals surface area contributed by atoms with Crippen LogP contribution in [0.25, 0.3) is 0 Å². The fourth-order valence-corrected chi connectivity index (χ4v) is 6.45. The van der Waals surface area contributed by atoms with Gasteiger partial charge in [-0.3, -0.25) is 19.9 Å². The first-order valence-electron chi connectivity index (χ1n) is 14.5. The highest BCUT2D eigenvalue weighted by molar-refractivity contribution is 5.76. The molecule has 2 aliphatic rings. The van der Waals surface area contributed by atoms with Gasteiger partial charge < -0.3 is 20.4 Å². The van der Waals surface area contributed by atoms with Crippen LogP contribution in [0.5, 0.6) is 5.75 Å². The van der Waals surface area contributed by atoms with Crippen molar-refractivity contribution in [2.24, 2.45) is 5.92 Å². The van der Waals surface area contributed by atoms with Crippen LogP contribution in [0.3, 0.4) is 0 Å². The van der Waals surface area contributed by atoms with Crippen LogP contribution >= 0.6 is 0 Å². The van der Waals surface area contributed by atoms with Gasteiger partial charge in [-0.2, -0.15) is 0 Å². The average Bonchev–Trinajstić information content (AvgIpc) is 2.97. The van der Waals surface area contributed by atoms with Crippen LogP contribution in [0.1, 0.15) is 94.2 Å². The van der Waals surface area contributed by atoms with Gasteiger partial charge >= 0.3 is 0 Å². The number of hydrogen-bond acceptors (Lipinski definition) is 7. The minimum atomic E-state index is -0.515. The van der Waals surface area contributed by atoms with Crippen LogP contribution in [0.2, 0.25) is 0 Å². The Bertz CT molecular complexity index is 1070. The van der Waals surface area contributed by atoms with E-state index in [-0.39, 0.29) is 36.0 Å². The molecule has 4 rings (SSSR count). The molecule has 0 bridgehead atoms. The largest absolute Gasteiger partial charge is 0.507 e. The highest BCUT2D eigenvalue weighted by Gasteiger charge is 2.31. The summed E-state index contributed by atoms with van der Waals surface area (Å²) < 4.78 is 0. The second kappa shape index (κ2) is 14.4. The fraction of sp³-hybridized carbons (Fsp3) is 0.600. The smallest absolute Gasteiger partial charge is 0.273 e. The zero-order chi connectivity index (χ0) is 27.6. The number of pyridine rings is 1. The normalized spacial score (nSPS) is 18.4. The number of aromatic hydroxyl groups is 1. The third-order valence-corrected chi connectivity index (χ3v) is 8.52. The van der Waals surface area contributed by atoms with Gasteiger partial charge in [0.2, 0.25) is 5.91 Å². The molecule has 2 aromatic rings. The van der Waals surface area contributed by atoms with E-state index >= 15 is 0 Å². The molecule has 3 N–H and O–H groups in total. The number of carbonyl (C=O) groups excluding carboxylic acids is 1. The minimum absolute atomic E-state index is 0.0179. The maximum atomic E-state index is 13.5. The summed E-state index contributed by atoms with van der Waals surface area (Å²) in [5.41, 5.74) is 1.29. The first-order chi connectivity index (χ1) is 19.0. The van der Waals surface area contributed by atoms with Crippen molar-refractivity contribution in [1.29, 1.82) is 0 Å². The molecule has 9 nitrogen and oxygen atoms in total. The van der Waals surface area contributed by atoms with E-state index in [4.69, 9.17) is 0 Å². The predicted octanol–water partition coefficient (Wildman–Crippen LogP) is 5.26. The molecule has 212 valence electrons. The van der Waals surface area contributed by atoms with Crippen molar-refractivity contribution in [3.8, 4) is 5.75 Å².